The van der Waals surface area contributed by atoms with Crippen LogP contribution in [0, 0.1) is 0 Å². The van der Waals surface area contributed by atoms with Crippen molar-refractivity contribution < 1.29 is 0 Å². The summed E-state index contributed by atoms with van der Waals surface area (Å²) in [5, 5.41) is 4.74. The normalized spacial score (nSPS) is 22.2. The Kier molecular flexibility index (Phi) is 2.77. The first-order valence-corrected chi connectivity index (χ1v) is 5.22. The van der Waals surface area contributed by atoms with Crippen LogP contribution in [0.5, 0.6) is 0 Å². The molecule has 1 heterocycles. The predicted molar refractivity (Wildman–Crippen MR) is 56.4 cm³/mol. The molecule has 0 unspecified atom stereocenters. The Morgan fingerprint density at radius 2 is 2.15 bits per heavy atom. The minimum Gasteiger partial charge on any atom is -0.310 e. The predicted octanol–water partition coefficient (Wildman–Crippen LogP) is 3.42. The quantitative estimate of drug-likeness (QED) is 0.758. The van der Waals surface area contributed by atoms with Gasteiger partial charge in [0.15, 0.2) is 0 Å². The highest BCUT2D eigenvalue weighted by Gasteiger charge is 2.19. The van der Waals surface area contributed by atoms with Crippen molar-refractivity contribution in [3.63, 3.8) is 0 Å². The van der Waals surface area contributed by atoms with Crippen LogP contribution in [0.2, 0.25) is 10.0 Å². The van der Waals surface area contributed by atoms with Crippen molar-refractivity contribution in [2.24, 2.45) is 0 Å². The number of nitrogens with one attached hydrogen (secondary N) is 1. The third kappa shape index (κ3) is 1.83. The summed E-state index contributed by atoms with van der Waals surface area (Å²) in [6.45, 7) is 1.08. The molecule has 0 amide bonds. The largest absolute Gasteiger partial charge is 0.310 e. The van der Waals surface area contributed by atoms with Gasteiger partial charge in [-0.05, 0) is 31.0 Å². The van der Waals surface area contributed by atoms with Crippen molar-refractivity contribution >= 4 is 23.2 Å². The average molecular weight is 216 g/mol. The summed E-state index contributed by atoms with van der Waals surface area (Å²) in [6, 6.07) is 6.20. The Bertz CT molecular complexity index is 306. The Morgan fingerprint density at radius 1 is 1.31 bits per heavy atom. The van der Waals surface area contributed by atoms with Crippen LogP contribution in [0.3, 0.4) is 0 Å². The van der Waals surface area contributed by atoms with Crippen molar-refractivity contribution in [3.05, 3.63) is 33.8 Å². The van der Waals surface area contributed by atoms with Crippen LogP contribution in [0.4, 0.5) is 0 Å². The molecule has 1 fully saturated rings. The average Bonchev–Trinajstić information content (AvgIpc) is 2.62. The van der Waals surface area contributed by atoms with E-state index in [4.69, 9.17) is 23.2 Å². The van der Waals surface area contributed by atoms with Crippen molar-refractivity contribution in [1.82, 2.24) is 5.32 Å². The van der Waals surface area contributed by atoms with Crippen LogP contribution in [0.25, 0.3) is 0 Å². The maximum Gasteiger partial charge on any atom is 0.0640 e. The summed E-state index contributed by atoms with van der Waals surface area (Å²) in [7, 11) is 0. The molecule has 2 rings (SSSR count). The zero-order valence-electron chi connectivity index (χ0n) is 7.19. The van der Waals surface area contributed by atoms with E-state index in [1.807, 2.05) is 18.2 Å². The SMILES string of the molecule is Clc1cccc([C@H]2CCCN2)c1Cl. The van der Waals surface area contributed by atoms with E-state index >= 15 is 0 Å². The van der Waals surface area contributed by atoms with Crippen LogP contribution in [-0.4, -0.2) is 6.54 Å². The van der Waals surface area contributed by atoms with E-state index in [2.05, 4.69) is 5.32 Å². The van der Waals surface area contributed by atoms with E-state index in [9.17, 15) is 0 Å². The fourth-order valence-electron chi connectivity index (χ4n) is 1.74. The first-order valence-electron chi connectivity index (χ1n) is 4.46. The lowest BCUT2D eigenvalue weighted by Crippen LogP contribution is -2.13. The monoisotopic (exact) mass is 215 g/mol. The molecule has 1 nitrogen and oxygen atoms in total. The summed E-state index contributed by atoms with van der Waals surface area (Å²) in [6.07, 6.45) is 2.37. The highest BCUT2D eigenvalue weighted by Crippen LogP contribution is 2.33. The molecule has 1 aliphatic heterocycles. The Morgan fingerprint density at radius 3 is 2.85 bits per heavy atom. The molecule has 1 N–H and O–H groups in total. The standard InChI is InChI=1S/C10H11Cl2N/c11-8-4-1-3-7(10(8)12)9-5-2-6-13-9/h1,3-4,9,13H,2,5-6H2/t9-/m1/s1. The van der Waals surface area contributed by atoms with E-state index in [1.54, 1.807) is 0 Å². The zero-order chi connectivity index (χ0) is 9.26. The number of hydrogen-bond donors (Lipinski definition) is 1. The summed E-state index contributed by atoms with van der Waals surface area (Å²) in [5.41, 5.74) is 1.13. The van der Waals surface area contributed by atoms with Crippen LogP contribution < -0.4 is 5.32 Å². The van der Waals surface area contributed by atoms with Gasteiger partial charge in [0, 0.05) is 6.04 Å². The van der Waals surface area contributed by atoms with E-state index in [0.717, 1.165) is 18.5 Å². The summed E-state index contributed by atoms with van der Waals surface area (Å²) >= 11 is 12.0. The molecule has 1 aromatic carbocycles. The highest BCUT2D eigenvalue weighted by atomic mass is 35.5. The van der Waals surface area contributed by atoms with Gasteiger partial charge >= 0.3 is 0 Å². The Hall–Kier alpha value is -0.240. The molecule has 13 heavy (non-hydrogen) atoms. The number of benzene rings is 1. The van der Waals surface area contributed by atoms with Crippen LogP contribution in [-0.2, 0) is 0 Å². The first-order chi connectivity index (χ1) is 6.29. The molecular weight excluding hydrogens is 205 g/mol. The molecule has 0 spiro atoms. The third-order valence-corrected chi connectivity index (χ3v) is 3.25. The topological polar surface area (TPSA) is 12.0 Å². The van der Waals surface area contributed by atoms with Crippen molar-refractivity contribution in [3.8, 4) is 0 Å². The van der Waals surface area contributed by atoms with E-state index in [1.165, 1.54) is 6.42 Å². The maximum absolute atomic E-state index is 6.10. The van der Waals surface area contributed by atoms with Crippen LogP contribution in [0.15, 0.2) is 18.2 Å². The van der Waals surface area contributed by atoms with E-state index in [-0.39, 0.29) is 0 Å². The van der Waals surface area contributed by atoms with Crippen molar-refractivity contribution in [2.75, 3.05) is 6.54 Å². The minimum absolute atomic E-state index is 0.395. The first kappa shape index (κ1) is 9.32. The maximum atomic E-state index is 6.10. The Balaban J connectivity index is 2.33. The molecular formula is C10H11Cl2N. The molecule has 1 saturated heterocycles. The molecule has 1 aliphatic rings. The molecule has 70 valence electrons. The molecule has 1 atom stereocenters. The van der Waals surface area contributed by atoms with Crippen molar-refractivity contribution in [2.45, 2.75) is 18.9 Å². The lowest BCUT2D eigenvalue weighted by atomic mass is 10.1. The summed E-state index contributed by atoms with van der Waals surface area (Å²) in [4.78, 5) is 0. The van der Waals surface area contributed by atoms with Crippen LogP contribution >= 0.6 is 23.2 Å². The van der Waals surface area contributed by atoms with Gasteiger partial charge in [-0.2, -0.15) is 0 Å². The van der Waals surface area contributed by atoms with Gasteiger partial charge in [-0.15, -0.1) is 0 Å². The number of halogens is 2. The van der Waals surface area contributed by atoms with E-state index < -0.39 is 0 Å². The van der Waals surface area contributed by atoms with Gasteiger partial charge in [0.05, 0.1) is 10.0 Å². The summed E-state index contributed by atoms with van der Waals surface area (Å²) < 4.78 is 0. The molecule has 1 aromatic rings. The van der Waals surface area contributed by atoms with Gasteiger partial charge in [-0.3, -0.25) is 0 Å². The molecule has 0 aromatic heterocycles. The van der Waals surface area contributed by atoms with Gasteiger partial charge in [-0.25, -0.2) is 0 Å². The number of rotatable bonds is 1. The summed E-state index contributed by atoms with van der Waals surface area (Å²) in [5.74, 6) is 0. The third-order valence-electron chi connectivity index (χ3n) is 2.42. The molecule has 0 radical (unpaired) electrons. The fraction of sp³-hybridized carbons (Fsp3) is 0.400. The second-order valence-electron chi connectivity index (χ2n) is 3.29. The smallest absolute Gasteiger partial charge is 0.0640 e. The lowest BCUT2D eigenvalue weighted by molar-refractivity contribution is 0.648. The lowest BCUT2D eigenvalue weighted by Gasteiger charge is -2.12. The van der Waals surface area contributed by atoms with Gasteiger partial charge in [-0.1, -0.05) is 35.3 Å². The van der Waals surface area contributed by atoms with Crippen LogP contribution in [0.1, 0.15) is 24.4 Å². The van der Waals surface area contributed by atoms with Gasteiger partial charge < -0.3 is 5.32 Å². The second kappa shape index (κ2) is 3.87. The van der Waals surface area contributed by atoms with Gasteiger partial charge in [0.25, 0.3) is 0 Å². The molecule has 3 heteroatoms. The van der Waals surface area contributed by atoms with E-state index in [0.29, 0.717) is 16.1 Å². The van der Waals surface area contributed by atoms with Gasteiger partial charge in [0.1, 0.15) is 0 Å². The zero-order valence-corrected chi connectivity index (χ0v) is 8.70. The second-order valence-corrected chi connectivity index (χ2v) is 4.08. The fourth-order valence-corrected chi connectivity index (χ4v) is 2.18. The highest BCUT2D eigenvalue weighted by molar-refractivity contribution is 6.42. The van der Waals surface area contributed by atoms with Gasteiger partial charge in [0.2, 0.25) is 0 Å². The molecule has 0 bridgehead atoms. The number of hydrogen-bond acceptors (Lipinski definition) is 1. The van der Waals surface area contributed by atoms with Crippen molar-refractivity contribution in [1.29, 1.82) is 0 Å². The minimum atomic E-state index is 0.395. The molecule has 0 aliphatic carbocycles. The molecule has 0 saturated carbocycles. The Labute approximate surface area is 88.0 Å².